The van der Waals surface area contributed by atoms with Crippen LogP contribution in [0.15, 0.2) is 42.5 Å². The number of hydrogen-bond donors (Lipinski definition) is 1. The lowest BCUT2D eigenvalue weighted by molar-refractivity contribution is -0.118. The van der Waals surface area contributed by atoms with E-state index in [1.54, 1.807) is 29.2 Å². The minimum atomic E-state index is -0.124. The minimum absolute atomic E-state index is 0.124. The highest BCUT2D eigenvalue weighted by atomic mass is 35.5. The second-order valence-corrected chi connectivity index (χ2v) is 6.37. The fourth-order valence-electron chi connectivity index (χ4n) is 2.92. The second kappa shape index (κ2) is 7.05. The first-order valence-corrected chi connectivity index (χ1v) is 8.34. The number of nitrogens with one attached hydrogen (secondary N) is 1. The van der Waals surface area contributed by atoms with Gasteiger partial charge < -0.3 is 10.2 Å². The number of rotatable bonds is 4. The zero-order chi connectivity index (χ0) is 17.1. The molecule has 0 fully saturated rings. The Morgan fingerprint density at radius 3 is 2.83 bits per heavy atom. The maximum Gasteiger partial charge on any atom is 0.251 e. The van der Waals surface area contributed by atoms with Crippen molar-refractivity contribution in [3.05, 3.63) is 64.2 Å². The first kappa shape index (κ1) is 16.5. The van der Waals surface area contributed by atoms with Crippen molar-refractivity contribution in [1.82, 2.24) is 5.32 Å². The number of fused-ring (bicyclic) bond motifs is 1. The third kappa shape index (κ3) is 3.60. The fourth-order valence-corrected chi connectivity index (χ4v) is 3.11. The van der Waals surface area contributed by atoms with E-state index in [0.29, 0.717) is 23.6 Å². The molecule has 2 amide bonds. The Kier molecular flexibility index (Phi) is 4.86. The van der Waals surface area contributed by atoms with Gasteiger partial charge in [-0.2, -0.15) is 0 Å². The van der Waals surface area contributed by atoms with E-state index in [-0.39, 0.29) is 11.8 Å². The Morgan fingerprint density at radius 2 is 2.04 bits per heavy atom. The third-order valence-electron chi connectivity index (χ3n) is 4.27. The molecular weight excluding hydrogens is 324 g/mol. The summed E-state index contributed by atoms with van der Waals surface area (Å²) in [6.45, 7) is 0.554. The smallest absolute Gasteiger partial charge is 0.251 e. The molecule has 0 saturated carbocycles. The molecule has 1 aliphatic rings. The van der Waals surface area contributed by atoms with Crippen LogP contribution in [0.3, 0.4) is 0 Å². The molecular formula is C19H19ClN2O2. The number of amides is 2. The van der Waals surface area contributed by atoms with Crippen molar-refractivity contribution in [3.63, 3.8) is 0 Å². The van der Waals surface area contributed by atoms with Crippen LogP contribution in [0.4, 0.5) is 5.69 Å². The molecule has 1 aliphatic heterocycles. The van der Waals surface area contributed by atoms with Gasteiger partial charge in [0.25, 0.3) is 5.91 Å². The molecule has 2 aromatic rings. The lowest BCUT2D eigenvalue weighted by Crippen LogP contribution is -2.31. The van der Waals surface area contributed by atoms with Crippen molar-refractivity contribution in [2.24, 2.45) is 0 Å². The Bertz CT molecular complexity index is 789. The maximum absolute atomic E-state index is 12.1. The topological polar surface area (TPSA) is 49.4 Å². The molecule has 0 atom stereocenters. The monoisotopic (exact) mass is 342 g/mol. The molecule has 124 valence electrons. The van der Waals surface area contributed by atoms with Gasteiger partial charge in [-0.25, -0.2) is 0 Å². The summed E-state index contributed by atoms with van der Waals surface area (Å²) in [4.78, 5) is 25.5. The predicted octanol–water partition coefficient (Wildman–Crippen LogP) is 3.22. The molecule has 0 radical (unpaired) electrons. The summed E-state index contributed by atoms with van der Waals surface area (Å²) < 4.78 is 0. The van der Waals surface area contributed by atoms with Gasteiger partial charge in [0.2, 0.25) is 5.91 Å². The van der Waals surface area contributed by atoms with Crippen LogP contribution in [0.1, 0.15) is 27.9 Å². The van der Waals surface area contributed by atoms with Crippen molar-refractivity contribution >= 4 is 29.1 Å². The molecule has 0 saturated heterocycles. The number of carbonyl (C=O) groups excluding carboxylic acids is 2. The first-order chi connectivity index (χ1) is 11.5. The predicted molar refractivity (Wildman–Crippen MR) is 95.7 cm³/mol. The normalized spacial score (nSPS) is 13.6. The fraction of sp³-hybridized carbons (Fsp3) is 0.263. The quantitative estimate of drug-likeness (QED) is 0.927. The summed E-state index contributed by atoms with van der Waals surface area (Å²) in [5.41, 5.74) is 3.89. The molecule has 0 aliphatic carbocycles. The zero-order valence-electron chi connectivity index (χ0n) is 13.5. The van der Waals surface area contributed by atoms with Gasteiger partial charge in [0.05, 0.1) is 0 Å². The van der Waals surface area contributed by atoms with Gasteiger partial charge in [0, 0.05) is 36.3 Å². The summed E-state index contributed by atoms with van der Waals surface area (Å²) in [5.74, 6) is 0.0322. The standard InChI is InChI=1S/C19H19ClN2O2/c1-22-17-7-5-13(11-14(17)6-8-18(22)23)9-10-21-19(24)15-3-2-4-16(20)12-15/h2-5,7,11-12H,6,8-10H2,1H3,(H,21,24). The molecule has 24 heavy (non-hydrogen) atoms. The van der Waals surface area contributed by atoms with Crippen LogP contribution in [-0.4, -0.2) is 25.4 Å². The Hall–Kier alpha value is -2.33. The van der Waals surface area contributed by atoms with Crippen LogP contribution in [0.2, 0.25) is 5.02 Å². The van der Waals surface area contributed by atoms with Gasteiger partial charge in [-0.05, 0) is 48.2 Å². The van der Waals surface area contributed by atoms with Crippen molar-refractivity contribution in [3.8, 4) is 0 Å². The molecule has 4 nitrogen and oxygen atoms in total. The van der Waals surface area contributed by atoms with E-state index in [9.17, 15) is 9.59 Å². The van der Waals surface area contributed by atoms with Crippen LogP contribution in [-0.2, 0) is 17.6 Å². The van der Waals surface area contributed by atoms with E-state index in [1.807, 2.05) is 19.2 Å². The van der Waals surface area contributed by atoms with Gasteiger partial charge in [-0.15, -0.1) is 0 Å². The number of nitrogens with zero attached hydrogens (tertiary/aromatic N) is 1. The van der Waals surface area contributed by atoms with Crippen molar-refractivity contribution in [2.45, 2.75) is 19.3 Å². The number of benzene rings is 2. The van der Waals surface area contributed by atoms with Crippen LogP contribution < -0.4 is 10.2 Å². The van der Waals surface area contributed by atoms with Crippen LogP contribution >= 0.6 is 11.6 Å². The molecule has 0 bridgehead atoms. The van der Waals surface area contributed by atoms with E-state index in [0.717, 1.165) is 24.1 Å². The highest BCUT2D eigenvalue weighted by molar-refractivity contribution is 6.30. The molecule has 5 heteroatoms. The lowest BCUT2D eigenvalue weighted by Gasteiger charge is -2.26. The van der Waals surface area contributed by atoms with Gasteiger partial charge in [-0.1, -0.05) is 29.8 Å². The number of aryl methyl sites for hydroxylation is 1. The molecule has 0 unspecified atom stereocenters. The average molecular weight is 343 g/mol. The summed E-state index contributed by atoms with van der Waals surface area (Å²) in [6.07, 6.45) is 2.08. The van der Waals surface area contributed by atoms with Gasteiger partial charge in [-0.3, -0.25) is 9.59 Å². The Labute approximate surface area is 146 Å². The number of anilines is 1. The van der Waals surface area contributed by atoms with Crippen molar-refractivity contribution < 1.29 is 9.59 Å². The largest absolute Gasteiger partial charge is 0.352 e. The highest BCUT2D eigenvalue weighted by Gasteiger charge is 2.20. The summed E-state index contributed by atoms with van der Waals surface area (Å²) in [5, 5.41) is 3.46. The number of halogens is 1. The minimum Gasteiger partial charge on any atom is -0.352 e. The number of carbonyl (C=O) groups is 2. The molecule has 0 aromatic heterocycles. The third-order valence-corrected chi connectivity index (χ3v) is 4.51. The van der Waals surface area contributed by atoms with Crippen molar-refractivity contribution in [2.75, 3.05) is 18.5 Å². The molecule has 1 N–H and O–H groups in total. The second-order valence-electron chi connectivity index (χ2n) is 5.93. The van der Waals surface area contributed by atoms with E-state index in [4.69, 9.17) is 11.6 Å². The average Bonchev–Trinajstić information content (AvgIpc) is 2.58. The van der Waals surface area contributed by atoms with Crippen LogP contribution in [0, 0.1) is 0 Å². The zero-order valence-corrected chi connectivity index (χ0v) is 14.3. The number of hydrogen-bond acceptors (Lipinski definition) is 2. The molecule has 0 spiro atoms. The SMILES string of the molecule is CN1C(=O)CCc2cc(CCNC(=O)c3cccc(Cl)c3)ccc21. The summed E-state index contributed by atoms with van der Waals surface area (Å²) >= 11 is 5.90. The molecule has 3 rings (SSSR count). The first-order valence-electron chi connectivity index (χ1n) is 7.97. The van der Waals surface area contributed by atoms with E-state index in [1.165, 1.54) is 5.56 Å². The highest BCUT2D eigenvalue weighted by Crippen LogP contribution is 2.27. The molecule has 2 aromatic carbocycles. The Balaban J connectivity index is 1.59. The van der Waals surface area contributed by atoms with Gasteiger partial charge >= 0.3 is 0 Å². The van der Waals surface area contributed by atoms with Gasteiger partial charge in [0.1, 0.15) is 0 Å². The maximum atomic E-state index is 12.1. The van der Waals surface area contributed by atoms with Gasteiger partial charge in [0.15, 0.2) is 0 Å². The lowest BCUT2D eigenvalue weighted by atomic mass is 9.98. The van der Waals surface area contributed by atoms with E-state index in [2.05, 4.69) is 11.4 Å². The summed E-state index contributed by atoms with van der Waals surface area (Å²) in [7, 11) is 1.81. The van der Waals surface area contributed by atoms with Crippen molar-refractivity contribution in [1.29, 1.82) is 0 Å². The Morgan fingerprint density at radius 1 is 1.21 bits per heavy atom. The van der Waals surface area contributed by atoms with E-state index >= 15 is 0 Å². The summed E-state index contributed by atoms with van der Waals surface area (Å²) in [6, 6.07) is 13.0. The molecule has 1 heterocycles. The van der Waals surface area contributed by atoms with Crippen LogP contribution in [0.5, 0.6) is 0 Å². The van der Waals surface area contributed by atoms with E-state index < -0.39 is 0 Å². The van der Waals surface area contributed by atoms with Crippen LogP contribution in [0.25, 0.3) is 0 Å².